The molecule has 0 radical (unpaired) electrons. The lowest BCUT2D eigenvalue weighted by Crippen LogP contribution is -2.45. The Kier molecular flexibility index (Phi) is 5.96. The molecular formula is C19H27NO4. The average Bonchev–Trinajstić information content (AvgIpc) is 2.67. The van der Waals surface area contributed by atoms with Crippen LogP contribution in [0, 0.1) is 11.8 Å². The average molecular weight is 333 g/mol. The van der Waals surface area contributed by atoms with E-state index in [0.29, 0.717) is 31.6 Å². The van der Waals surface area contributed by atoms with Gasteiger partial charge in [-0.1, -0.05) is 6.07 Å². The van der Waals surface area contributed by atoms with E-state index in [2.05, 4.69) is 0 Å². The smallest absolute Gasteiger partial charge is 0.225 e. The van der Waals surface area contributed by atoms with Crippen LogP contribution < -0.4 is 9.47 Å². The molecule has 1 aromatic carbocycles. The van der Waals surface area contributed by atoms with Crippen molar-refractivity contribution in [3.8, 4) is 11.5 Å². The van der Waals surface area contributed by atoms with Gasteiger partial charge in [-0.2, -0.15) is 0 Å². The second kappa shape index (κ2) is 8.38. The lowest BCUT2D eigenvalue weighted by molar-refractivity contribution is -0.140. The molecule has 1 amide bonds. The Bertz CT molecular complexity index is 542. The molecule has 0 aliphatic carbocycles. The molecule has 0 saturated carbocycles. The summed E-state index contributed by atoms with van der Waals surface area (Å²) >= 11 is 0. The predicted octanol–water partition coefficient (Wildman–Crippen LogP) is 2.74. The number of piperidine rings is 1. The molecule has 2 aliphatic rings. The molecule has 0 spiro atoms. The molecule has 1 atom stereocenters. The fourth-order valence-corrected chi connectivity index (χ4v) is 3.51. The number of hydrogen-bond acceptors (Lipinski definition) is 4. The summed E-state index contributed by atoms with van der Waals surface area (Å²) in [6.07, 6.45) is 3.89. The van der Waals surface area contributed by atoms with E-state index < -0.39 is 0 Å². The predicted molar refractivity (Wildman–Crippen MR) is 91.3 cm³/mol. The molecule has 2 aliphatic heterocycles. The topological polar surface area (TPSA) is 48.0 Å². The third-order valence-electron chi connectivity index (χ3n) is 4.93. The van der Waals surface area contributed by atoms with Crippen molar-refractivity contribution in [1.82, 2.24) is 4.90 Å². The van der Waals surface area contributed by atoms with Crippen LogP contribution in [0.5, 0.6) is 11.5 Å². The van der Waals surface area contributed by atoms with Crippen LogP contribution in [0.25, 0.3) is 0 Å². The largest absolute Gasteiger partial charge is 0.497 e. The molecule has 0 bridgehead atoms. The zero-order chi connectivity index (χ0) is 16.8. The van der Waals surface area contributed by atoms with Crippen LogP contribution in [0.2, 0.25) is 0 Å². The third-order valence-corrected chi connectivity index (χ3v) is 4.93. The fourth-order valence-electron chi connectivity index (χ4n) is 3.51. The van der Waals surface area contributed by atoms with E-state index in [1.165, 1.54) is 0 Å². The molecule has 5 heteroatoms. The summed E-state index contributed by atoms with van der Waals surface area (Å²) in [4.78, 5) is 14.7. The molecule has 132 valence electrons. The summed E-state index contributed by atoms with van der Waals surface area (Å²) in [5.74, 6) is 2.48. The Morgan fingerprint density at radius 3 is 2.83 bits per heavy atom. The minimum Gasteiger partial charge on any atom is -0.497 e. The summed E-state index contributed by atoms with van der Waals surface area (Å²) in [5, 5.41) is 0. The Hall–Kier alpha value is -1.75. The van der Waals surface area contributed by atoms with Gasteiger partial charge in [0, 0.05) is 44.2 Å². The number of carbonyl (C=O) groups is 1. The first-order valence-electron chi connectivity index (χ1n) is 8.89. The number of amides is 1. The number of carbonyl (C=O) groups excluding carboxylic acids is 1. The normalized spacial score (nSPS) is 22.2. The van der Waals surface area contributed by atoms with E-state index in [1.54, 1.807) is 7.11 Å². The molecule has 24 heavy (non-hydrogen) atoms. The second-order valence-corrected chi connectivity index (χ2v) is 6.67. The van der Waals surface area contributed by atoms with E-state index in [-0.39, 0.29) is 5.92 Å². The van der Waals surface area contributed by atoms with Crippen molar-refractivity contribution >= 4 is 5.91 Å². The van der Waals surface area contributed by atoms with Gasteiger partial charge in [0.1, 0.15) is 11.5 Å². The summed E-state index contributed by atoms with van der Waals surface area (Å²) < 4.78 is 16.5. The highest BCUT2D eigenvalue weighted by atomic mass is 16.5. The molecule has 2 heterocycles. The van der Waals surface area contributed by atoms with Gasteiger partial charge >= 0.3 is 0 Å². The molecular weight excluding hydrogens is 306 g/mol. The van der Waals surface area contributed by atoms with E-state index in [4.69, 9.17) is 14.2 Å². The van der Waals surface area contributed by atoms with Crippen molar-refractivity contribution in [2.75, 3.05) is 40.0 Å². The number of nitrogens with zero attached hydrogens (tertiary/aromatic N) is 1. The Morgan fingerprint density at radius 2 is 2.04 bits per heavy atom. The van der Waals surface area contributed by atoms with Crippen molar-refractivity contribution in [2.24, 2.45) is 11.8 Å². The number of methoxy groups -OCH3 is 1. The standard InChI is InChI=1S/C19H27NO4/c1-22-17-5-2-6-18(12-17)24-14-15-4-3-9-20(13-15)19(21)16-7-10-23-11-8-16/h2,5-6,12,15-16H,3-4,7-11,13-14H2,1H3/t15-/m0/s1. The molecule has 1 aromatic rings. The van der Waals surface area contributed by atoms with Gasteiger partial charge in [-0.05, 0) is 37.8 Å². The van der Waals surface area contributed by atoms with Gasteiger partial charge in [0.25, 0.3) is 0 Å². The van der Waals surface area contributed by atoms with Gasteiger partial charge in [0.15, 0.2) is 0 Å². The maximum atomic E-state index is 12.7. The van der Waals surface area contributed by atoms with Gasteiger partial charge in [0.2, 0.25) is 5.91 Å². The van der Waals surface area contributed by atoms with Crippen LogP contribution >= 0.6 is 0 Å². The Balaban J connectivity index is 1.50. The van der Waals surface area contributed by atoms with Gasteiger partial charge in [-0.25, -0.2) is 0 Å². The quantitative estimate of drug-likeness (QED) is 0.831. The summed E-state index contributed by atoms with van der Waals surface area (Å²) in [7, 11) is 1.65. The third kappa shape index (κ3) is 4.41. The first-order valence-corrected chi connectivity index (χ1v) is 8.89. The van der Waals surface area contributed by atoms with E-state index >= 15 is 0 Å². The van der Waals surface area contributed by atoms with Crippen molar-refractivity contribution in [3.05, 3.63) is 24.3 Å². The molecule has 2 fully saturated rings. The Labute approximate surface area is 143 Å². The van der Waals surface area contributed by atoms with E-state index in [1.807, 2.05) is 29.2 Å². The first kappa shape index (κ1) is 17.1. The Morgan fingerprint density at radius 1 is 1.25 bits per heavy atom. The summed E-state index contributed by atoms with van der Waals surface area (Å²) in [6, 6.07) is 7.67. The van der Waals surface area contributed by atoms with Crippen LogP contribution in [0.15, 0.2) is 24.3 Å². The highest BCUT2D eigenvalue weighted by Crippen LogP contribution is 2.24. The van der Waals surface area contributed by atoms with Crippen LogP contribution in [-0.4, -0.2) is 50.8 Å². The van der Waals surface area contributed by atoms with Crippen molar-refractivity contribution < 1.29 is 19.0 Å². The number of ether oxygens (including phenoxy) is 3. The van der Waals surface area contributed by atoms with Gasteiger partial charge in [-0.3, -0.25) is 4.79 Å². The summed E-state index contributed by atoms with van der Waals surface area (Å²) in [5.41, 5.74) is 0. The zero-order valence-corrected chi connectivity index (χ0v) is 14.4. The number of rotatable bonds is 5. The molecule has 0 N–H and O–H groups in total. The van der Waals surface area contributed by atoms with Crippen LogP contribution in [0.3, 0.4) is 0 Å². The van der Waals surface area contributed by atoms with Gasteiger partial charge < -0.3 is 19.1 Å². The lowest BCUT2D eigenvalue weighted by Gasteiger charge is -2.35. The monoisotopic (exact) mass is 333 g/mol. The van der Waals surface area contributed by atoms with Crippen molar-refractivity contribution in [1.29, 1.82) is 0 Å². The van der Waals surface area contributed by atoms with Crippen molar-refractivity contribution in [2.45, 2.75) is 25.7 Å². The second-order valence-electron chi connectivity index (χ2n) is 6.67. The highest BCUT2D eigenvalue weighted by Gasteiger charge is 2.30. The van der Waals surface area contributed by atoms with Crippen LogP contribution in [0.4, 0.5) is 0 Å². The highest BCUT2D eigenvalue weighted by molar-refractivity contribution is 5.79. The van der Waals surface area contributed by atoms with Crippen LogP contribution in [-0.2, 0) is 9.53 Å². The molecule has 5 nitrogen and oxygen atoms in total. The maximum absolute atomic E-state index is 12.7. The van der Waals surface area contributed by atoms with Crippen molar-refractivity contribution in [3.63, 3.8) is 0 Å². The SMILES string of the molecule is COc1cccc(OC[C@H]2CCCN(C(=O)C3CCOCC3)C2)c1. The van der Waals surface area contributed by atoms with E-state index in [9.17, 15) is 4.79 Å². The summed E-state index contributed by atoms with van der Waals surface area (Å²) in [6.45, 7) is 3.76. The number of benzene rings is 1. The molecule has 2 saturated heterocycles. The van der Waals surface area contributed by atoms with Gasteiger partial charge in [0.05, 0.1) is 13.7 Å². The van der Waals surface area contributed by atoms with E-state index in [0.717, 1.165) is 50.3 Å². The fraction of sp³-hybridized carbons (Fsp3) is 0.632. The van der Waals surface area contributed by atoms with Crippen LogP contribution in [0.1, 0.15) is 25.7 Å². The minimum atomic E-state index is 0.150. The number of hydrogen-bond donors (Lipinski definition) is 0. The molecule has 0 unspecified atom stereocenters. The van der Waals surface area contributed by atoms with Gasteiger partial charge in [-0.15, -0.1) is 0 Å². The maximum Gasteiger partial charge on any atom is 0.225 e. The molecule has 0 aromatic heterocycles. The molecule has 3 rings (SSSR count). The first-order chi connectivity index (χ1) is 11.8. The lowest BCUT2D eigenvalue weighted by atomic mass is 9.94. The number of likely N-dealkylation sites (tertiary alicyclic amines) is 1. The zero-order valence-electron chi connectivity index (χ0n) is 14.4. The minimum absolute atomic E-state index is 0.150.